The third-order valence-electron chi connectivity index (χ3n) is 3.50. The molecule has 1 unspecified atom stereocenters. The van der Waals surface area contributed by atoms with Crippen LogP contribution in [0.3, 0.4) is 0 Å². The zero-order valence-corrected chi connectivity index (χ0v) is 11.2. The van der Waals surface area contributed by atoms with Gasteiger partial charge in [-0.2, -0.15) is 0 Å². The number of hydrogen-bond donors (Lipinski definition) is 3. The van der Waals surface area contributed by atoms with E-state index in [0.29, 0.717) is 19.7 Å². The molecule has 0 aromatic carbocycles. The van der Waals surface area contributed by atoms with E-state index in [2.05, 4.69) is 5.32 Å². The van der Waals surface area contributed by atoms with E-state index in [1.165, 1.54) is 0 Å². The van der Waals surface area contributed by atoms with Crippen LogP contribution in [0.5, 0.6) is 0 Å². The summed E-state index contributed by atoms with van der Waals surface area (Å²) in [5.41, 5.74) is -0.575. The van der Waals surface area contributed by atoms with Crippen molar-refractivity contribution in [3.05, 3.63) is 24.2 Å². The Morgan fingerprint density at radius 2 is 2.21 bits per heavy atom. The largest absolute Gasteiger partial charge is 0.467 e. The van der Waals surface area contributed by atoms with E-state index in [9.17, 15) is 10.2 Å². The number of nitrogens with one attached hydrogen (secondary N) is 1. The summed E-state index contributed by atoms with van der Waals surface area (Å²) >= 11 is 0. The molecule has 5 nitrogen and oxygen atoms in total. The molecule has 1 aromatic rings. The van der Waals surface area contributed by atoms with Gasteiger partial charge in [-0.05, 0) is 25.0 Å². The monoisotopic (exact) mass is 269 g/mol. The van der Waals surface area contributed by atoms with Crippen LogP contribution < -0.4 is 5.32 Å². The molecule has 5 heteroatoms. The molecule has 0 radical (unpaired) electrons. The van der Waals surface area contributed by atoms with Crippen LogP contribution in [0.25, 0.3) is 0 Å². The lowest BCUT2D eigenvalue weighted by Crippen LogP contribution is -2.41. The van der Waals surface area contributed by atoms with Gasteiger partial charge in [-0.3, -0.25) is 0 Å². The number of rotatable bonds is 8. The van der Waals surface area contributed by atoms with E-state index in [0.717, 1.165) is 31.4 Å². The quantitative estimate of drug-likeness (QED) is 0.658. The summed E-state index contributed by atoms with van der Waals surface area (Å²) in [5, 5.41) is 23.0. The number of ether oxygens (including phenoxy) is 1. The minimum absolute atomic E-state index is 0.256. The van der Waals surface area contributed by atoms with Gasteiger partial charge >= 0.3 is 0 Å². The molecule has 1 aliphatic carbocycles. The molecule has 108 valence electrons. The van der Waals surface area contributed by atoms with Crippen LogP contribution >= 0.6 is 0 Å². The SMILES string of the molecule is OC(CNCC1(O)CCCC1)COCc1ccco1. The minimum Gasteiger partial charge on any atom is -0.467 e. The summed E-state index contributed by atoms with van der Waals surface area (Å²) in [6.07, 6.45) is 4.91. The van der Waals surface area contributed by atoms with Crippen molar-refractivity contribution >= 4 is 0 Å². The lowest BCUT2D eigenvalue weighted by molar-refractivity contribution is 0.0139. The summed E-state index contributed by atoms with van der Waals surface area (Å²) in [6.45, 7) is 1.60. The van der Waals surface area contributed by atoms with Crippen LogP contribution in [0, 0.1) is 0 Å². The Kier molecular flexibility index (Phi) is 5.39. The molecule has 0 saturated heterocycles. The molecule has 2 rings (SSSR count). The van der Waals surface area contributed by atoms with Gasteiger partial charge in [0, 0.05) is 13.1 Å². The van der Waals surface area contributed by atoms with Gasteiger partial charge in [0.1, 0.15) is 12.4 Å². The van der Waals surface area contributed by atoms with Gasteiger partial charge in [0.2, 0.25) is 0 Å². The molecule has 19 heavy (non-hydrogen) atoms. The van der Waals surface area contributed by atoms with Crippen molar-refractivity contribution in [3.63, 3.8) is 0 Å². The van der Waals surface area contributed by atoms with Gasteiger partial charge in [0.05, 0.1) is 24.6 Å². The molecular weight excluding hydrogens is 246 g/mol. The second-order valence-corrected chi connectivity index (χ2v) is 5.31. The van der Waals surface area contributed by atoms with Gasteiger partial charge < -0.3 is 24.7 Å². The van der Waals surface area contributed by atoms with Crippen molar-refractivity contribution in [2.24, 2.45) is 0 Å². The van der Waals surface area contributed by atoms with Gasteiger partial charge in [-0.1, -0.05) is 12.8 Å². The standard InChI is InChI=1S/C14H23NO4/c16-12(9-18-10-13-4-3-7-19-13)8-15-11-14(17)5-1-2-6-14/h3-4,7,12,15-17H,1-2,5-6,8-11H2. The fourth-order valence-electron chi connectivity index (χ4n) is 2.43. The van der Waals surface area contributed by atoms with Crippen LogP contribution in [0.4, 0.5) is 0 Å². The molecule has 3 N–H and O–H groups in total. The average molecular weight is 269 g/mol. The van der Waals surface area contributed by atoms with Gasteiger partial charge in [-0.15, -0.1) is 0 Å². The fourth-order valence-corrected chi connectivity index (χ4v) is 2.43. The van der Waals surface area contributed by atoms with Gasteiger partial charge in [-0.25, -0.2) is 0 Å². The van der Waals surface area contributed by atoms with Crippen molar-refractivity contribution in [1.82, 2.24) is 5.32 Å². The van der Waals surface area contributed by atoms with Crippen LogP contribution in [-0.4, -0.2) is 41.6 Å². The molecular formula is C14H23NO4. The second-order valence-electron chi connectivity index (χ2n) is 5.31. The Morgan fingerprint density at radius 1 is 1.42 bits per heavy atom. The first kappa shape index (κ1) is 14.5. The molecule has 1 aromatic heterocycles. The predicted octanol–water partition coefficient (Wildman–Crippen LogP) is 1.05. The predicted molar refractivity (Wildman–Crippen MR) is 70.7 cm³/mol. The molecule has 1 saturated carbocycles. The van der Waals surface area contributed by atoms with Crippen LogP contribution in [-0.2, 0) is 11.3 Å². The van der Waals surface area contributed by atoms with E-state index >= 15 is 0 Å². The Balaban J connectivity index is 1.53. The highest BCUT2D eigenvalue weighted by molar-refractivity contribution is 4.96. The lowest BCUT2D eigenvalue weighted by Gasteiger charge is -2.23. The van der Waals surface area contributed by atoms with Gasteiger partial charge in [0.25, 0.3) is 0 Å². The third-order valence-corrected chi connectivity index (χ3v) is 3.50. The smallest absolute Gasteiger partial charge is 0.129 e. The molecule has 1 atom stereocenters. The van der Waals surface area contributed by atoms with Crippen LogP contribution in [0.2, 0.25) is 0 Å². The normalized spacial score (nSPS) is 19.7. The highest BCUT2D eigenvalue weighted by Crippen LogP contribution is 2.28. The first-order chi connectivity index (χ1) is 9.18. The van der Waals surface area contributed by atoms with Crippen LogP contribution in [0.1, 0.15) is 31.4 Å². The van der Waals surface area contributed by atoms with Crippen molar-refractivity contribution < 1.29 is 19.4 Å². The Bertz CT molecular complexity index is 346. The molecule has 0 bridgehead atoms. The van der Waals surface area contributed by atoms with Crippen molar-refractivity contribution in [3.8, 4) is 0 Å². The first-order valence-electron chi connectivity index (χ1n) is 6.89. The molecule has 0 spiro atoms. The third kappa shape index (κ3) is 4.95. The molecule has 0 amide bonds. The maximum atomic E-state index is 10.1. The Hall–Kier alpha value is -0.880. The topological polar surface area (TPSA) is 74.9 Å². The van der Waals surface area contributed by atoms with Gasteiger partial charge in [0.15, 0.2) is 0 Å². The summed E-state index contributed by atoms with van der Waals surface area (Å²) in [7, 11) is 0. The molecule has 0 aliphatic heterocycles. The van der Waals surface area contributed by atoms with Crippen molar-refractivity contribution in [2.75, 3.05) is 19.7 Å². The zero-order valence-electron chi connectivity index (χ0n) is 11.2. The number of aliphatic hydroxyl groups excluding tert-OH is 1. The van der Waals surface area contributed by atoms with E-state index in [1.807, 2.05) is 6.07 Å². The average Bonchev–Trinajstić information content (AvgIpc) is 3.01. The number of aliphatic hydroxyl groups is 2. The summed E-state index contributed by atoms with van der Waals surface area (Å²) in [5.74, 6) is 0.750. The number of hydrogen-bond acceptors (Lipinski definition) is 5. The van der Waals surface area contributed by atoms with E-state index in [4.69, 9.17) is 9.15 Å². The summed E-state index contributed by atoms with van der Waals surface area (Å²) in [4.78, 5) is 0. The van der Waals surface area contributed by atoms with E-state index in [-0.39, 0.29) is 6.61 Å². The molecule has 1 aliphatic rings. The highest BCUT2D eigenvalue weighted by Gasteiger charge is 2.30. The maximum Gasteiger partial charge on any atom is 0.129 e. The van der Waals surface area contributed by atoms with E-state index in [1.54, 1.807) is 12.3 Å². The first-order valence-corrected chi connectivity index (χ1v) is 6.89. The van der Waals surface area contributed by atoms with E-state index < -0.39 is 11.7 Å². The molecule has 1 heterocycles. The number of furan rings is 1. The zero-order chi connectivity index (χ0) is 13.6. The maximum absolute atomic E-state index is 10.1. The second kappa shape index (κ2) is 7.05. The lowest BCUT2D eigenvalue weighted by atomic mass is 10.0. The fraction of sp³-hybridized carbons (Fsp3) is 0.714. The molecule has 1 fully saturated rings. The Morgan fingerprint density at radius 3 is 2.89 bits per heavy atom. The highest BCUT2D eigenvalue weighted by atomic mass is 16.5. The van der Waals surface area contributed by atoms with Crippen LogP contribution in [0.15, 0.2) is 22.8 Å². The Labute approximate surface area is 113 Å². The summed E-state index contributed by atoms with van der Waals surface area (Å²) in [6, 6.07) is 3.64. The van der Waals surface area contributed by atoms with Crippen molar-refractivity contribution in [1.29, 1.82) is 0 Å². The summed E-state index contributed by atoms with van der Waals surface area (Å²) < 4.78 is 10.5. The van der Waals surface area contributed by atoms with Crippen molar-refractivity contribution in [2.45, 2.75) is 44.0 Å². The minimum atomic E-state index is -0.575.